The van der Waals surface area contributed by atoms with Gasteiger partial charge in [-0.05, 0) is 50.6 Å². The molecule has 12 heteroatoms. The number of hydrogen-bond acceptors (Lipinski definition) is 5. The van der Waals surface area contributed by atoms with Crippen LogP contribution in [0.1, 0.15) is 27.6 Å². The molecule has 0 aliphatic carbocycles. The van der Waals surface area contributed by atoms with Crippen molar-refractivity contribution >= 4 is 60.4 Å². The topological polar surface area (TPSA) is 73.6 Å². The molecule has 4 rings (SSSR count). The summed E-state index contributed by atoms with van der Waals surface area (Å²) < 4.78 is 15.9. The predicted octanol–water partition coefficient (Wildman–Crippen LogP) is 4.77. The number of carbonyl (C=O) groups excluding carboxylic acids is 1. The second kappa shape index (κ2) is 14.9. The third kappa shape index (κ3) is 7.52. The first-order valence-corrected chi connectivity index (χ1v) is 12.1. The maximum absolute atomic E-state index is 14.3. The number of rotatable bonds is 7. The summed E-state index contributed by atoms with van der Waals surface area (Å²) in [7, 11) is 0. The molecular weight excluding hydrogens is 575 g/mol. The highest BCUT2D eigenvalue weighted by molar-refractivity contribution is 6.31. The average Bonchev–Trinajstić information content (AvgIpc) is 3.14. The zero-order chi connectivity index (χ0) is 25.1. The Morgan fingerprint density at radius 1 is 1.03 bits per heavy atom. The largest absolute Gasteiger partial charge is 0.390 e. The van der Waals surface area contributed by atoms with Crippen LogP contribution in [0.25, 0.3) is 5.69 Å². The lowest BCUT2D eigenvalue weighted by Crippen LogP contribution is -2.50. The van der Waals surface area contributed by atoms with Gasteiger partial charge in [0.1, 0.15) is 17.3 Å². The average molecular weight is 609 g/mol. The van der Waals surface area contributed by atoms with E-state index in [9.17, 15) is 14.3 Å². The van der Waals surface area contributed by atoms with Crippen molar-refractivity contribution in [2.45, 2.75) is 26.9 Å². The maximum Gasteiger partial charge on any atom is 0.271 e. The third-order valence-electron chi connectivity index (χ3n) is 6.50. The number of amides is 1. The number of β-amino-alcohol motifs (C(OH)–C–C–N with tert-alkyl or cyclic N) is 1. The maximum atomic E-state index is 14.3. The van der Waals surface area contributed by atoms with Crippen LogP contribution in [-0.4, -0.2) is 70.8 Å². The van der Waals surface area contributed by atoms with Crippen LogP contribution < -0.4 is 10.2 Å². The normalized spacial score (nSPS) is 14.1. The van der Waals surface area contributed by atoms with E-state index in [0.717, 1.165) is 42.5 Å². The van der Waals surface area contributed by atoms with Crippen LogP contribution in [0.4, 0.5) is 10.1 Å². The molecule has 2 heterocycles. The van der Waals surface area contributed by atoms with Crippen molar-refractivity contribution in [3.63, 3.8) is 0 Å². The smallest absolute Gasteiger partial charge is 0.271 e. The number of para-hydroxylation sites is 1. The van der Waals surface area contributed by atoms with Gasteiger partial charge in [0, 0.05) is 50.0 Å². The van der Waals surface area contributed by atoms with Crippen LogP contribution in [0.15, 0.2) is 42.5 Å². The summed E-state index contributed by atoms with van der Waals surface area (Å²) in [5.74, 6) is -0.254. The van der Waals surface area contributed by atoms with Crippen molar-refractivity contribution in [3.8, 4) is 5.69 Å². The quantitative estimate of drug-likeness (QED) is 0.404. The van der Waals surface area contributed by atoms with E-state index in [0.29, 0.717) is 23.8 Å². The zero-order valence-corrected chi connectivity index (χ0v) is 24.7. The lowest BCUT2D eigenvalue weighted by molar-refractivity contribution is 0.0847. The number of benzene rings is 2. The van der Waals surface area contributed by atoms with Gasteiger partial charge in [-0.1, -0.05) is 29.8 Å². The summed E-state index contributed by atoms with van der Waals surface area (Å²) in [5, 5.41) is 14.1. The Balaban J connectivity index is 0.00000241. The van der Waals surface area contributed by atoms with E-state index in [-0.39, 0.29) is 61.2 Å². The van der Waals surface area contributed by atoms with E-state index < -0.39 is 6.10 Å². The van der Waals surface area contributed by atoms with Crippen LogP contribution in [0.5, 0.6) is 0 Å². The molecule has 210 valence electrons. The van der Waals surface area contributed by atoms with Crippen LogP contribution in [-0.2, 0) is 0 Å². The Kier molecular flexibility index (Phi) is 13.3. The molecule has 38 heavy (non-hydrogen) atoms. The number of halogens is 5. The molecule has 0 spiro atoms. The summed E-state index contributed by atoms with van der Waals surface area (Å²) in [5.41, 5.74) is 3.34. The van der Waals surface area contributed by atoms with Crippen LogP contribution in [0.3, 0.4) is 0 Å². The van der Waals surface area contributed by atoms with Crippen molar-refractivity contribution in [2.24, 2.45) is 0 Å². The van der Waals surface area contributed by atoms with Crippen molar-refractivity contribution in [1.29, 1.82) is 0 Å². The first-order valence-electron chi connectivity index (χ1n) is 11.8. The van der Waals surface area contributed by atoms with Crippen molar-refractivity contribution in [2.75, 3.05) is 44.2 Å². The molecule has 7 nitrogen and oxygen atoms in total. The van der Waals surface area contributed by atoms with Gasteiger partial charge >= 0.3 is 0 Å². The second-order valence-electron chi connectivity index (χ2n) is 8.92. The number of piperazine rings is 1. The number of aliphatic hydroxyl groups excluding tert-OH is 1. The Hall–Kier alpha value is -2.07. The van der Waals surface area contributed by atoms with Gasteiger partial charge in [-0.2, -0.15) is 0 Å². The molecule has 1 fully saturated rings. The fraction of sp³-hybridized carbons (Fsp3) is 0.385. The summed E-state index contributed by atoms with van der Waals surface area (Å²) in [6, 6.07) is 12.3. The van der Waals surface area contributed by atoms with Gasteiger partial charge in [0.25, 0.3) is 5.91 Å². The fourth-order valence-corrected chi connectivity index (χ4v) is 4.78. The summed E-state index contributed by atoms with van der Waals surface area (Å²) in [6.45, 7) is 9.36. The number of aryl methyl sites for hydroxylation is 1. The second-order valence-corrected chi connectivity index (χ2v) is 9.32. The minimum absolute atomic E-state index is 0. The molecule has 1 aromatic heterocycles. The van der Waals surface area contributed by atoms with Crippen molar-refractivity contribution in [1.82, 2.24) is 19.8 Å². The highest BCUT2D eigenvalue weighted by Crippen LogP contribution is 2.27. The molecule has 2 N–H and O–H groups in total. The number of imidazole rings is 1. The number of anilines is 1. The molecular formula is C26H34Cl4FN5O2. The molecule has 0 bridgehead atoms. The molecule has 0 saturated carbocycles. The molecule has 0 radical (unpaired) electrons. The van der Waals surface area contributed by atoms with E-state index in [1.54, 1.807) is 36.6 Å². The van der Waals surface area contributed by atoms with E-state index >= 15 is 0 Å². The Morgan fingerprint density at radius 2 is 1.66 bits per heavy atom. The highest BCUT2D eigenvalue weighted by atomic mass is 35.5. The molecule has 1 saturated heterocycles. The molecule has 2 aromatic carbocycles. The minimum atomic E-state index is -0.714. The number of aromatic nitrogens is 2. The number of aliphatic hydroxyl groups is 1. The number of nitrogens with one attached hydrogen (secondary N) is 1. The SMILES string of the molecule is Cc1c(Cl)cccc1N1CCN(CC(O)CNC(=O)c2nc(C)n(-c3ccccc3F)c2C)CC1.Cl.Cl.Cl. The summed E-state index contributed by atoms with van der Waals surface area (Å²) >= 11 is 6.27. The standard InChI is InChI=1S/C26H31ClFN5O2.3ClH/c1-17-21(27)7-6-10-23(17)32-13-11-31(12-14-32)16-20(34)15-29-26(35)25-18(2)33(19(3)30-25)24-9-5-4-8-22(24)28;;;/h4-10,20,34H,11-16H2,1-3H3,(H,29,35);3*1H. The van der Waals surface area contributed by atoms with Crippen molar-refractivity contribution < 1.29 is 14.3 Å². The Labute approximate surface area is 246 Å². The Morgan fingerprint density at radius 3 is 2.32 bits per heavy atom. The molecule has 1 aliphatic rings. The number of hydrogen-bond donors (Lipinski definition) is 2. The van der Waals surface area contributed by atoms with Crippen LogP contribution in [0.2, 0.25) is 5.02 Å². The molecule has 1 unspecified atom stereocenters. The first-order chi connectivity index (χ1) is 16.8. The van der Waals surface area contributed by atoms with Crippen molar-refractivity contribution in [3.05, 3.63) is 76.1 Å². The first kappa shape index (κ1) is 34.0. The van der Waals surface area contributed by atoms with E-state index in [4.69, 9.17) is 11.6 Å². The molecule has 1 amide bonds. The third-order valence-corrected chi connectivity index (χ3v) is 6.91. The number of nitrogens with zero attached hydrogens (tertiary/aromatic N) is 4. The number of carbonyl (C=O) groups is 1. The highest BCUT2D eigenvalue weighted by Gasteiger charge is 2.23. The van der Waals surface area contributed by atoms with Gasteiger partial charge in [0.15, 0.2) is 0 Å². The van der Waals surface area contributed by atoms with Gasteiger partial charge in [0.05, 0.1) is 17.5 Å². The van der Waals surface area contributed by atoms with Crippen LogP contribution in [0, 0.1) is 26.6 Å². The fourth-order valence-electron chi connectivity index (χ4n) is 4.61. The monoisotopic (exact) mass is 607 g/mol. The van der Waals surface area contributed by atoms with E-state index in [2.05, 4.69) is 26.2 Å². The van der Waals surface area contributed by atoms with Gasteiger partial charge in [-0.3, -0.25) is 14.3 Å². The van der Waals surface area contributed by atoms with Crippen LogP contribution >= 0.6 is 48.8 Å². The Bertz CT molecular complexity index is 1220. The van der Waals surface area contributed by atoms with Gasteiger partial charge in [-0.25, -0.2) is 9.37 Å². The summed E-state index contributed by atoms with van der Waals surface area (Å²) in [6.07, 6.45) is -0.714. The molecule has 1 atom stereocenters. The zero-order valence-electron chi connectivity index (χ0n) is 21.5. The molecule has 1 aliphatic heterocycles. The van der Waals surface area contributed by atoms with E-state index in [1.165, 1.54) is 6.07 Å². The lowest BCUT2D eigenvalue weighted by Gasteiger charge is -2.37. The van der Waals surface area contributed by atoms with E-state index in [1.807, 2.05) is 19.1 Å². The minimum Gasteiger partial charge on any atom is -0.390 e. The molecule has 3 aromatic rings. The van der Waals surface area contributed by atoms with Gasteiger partial charge in [-0.15, -0.1) is 37.2 Å². The van der Waals surface area contributed by atoms with Gasteiger partial charge in [0.2, 0.25) is 0 Å². The predicted molar refractivity (Wildman–Crippen MR) is 158 cm³/mol. The summed E-state index contributed by atoms with van der Waals surface area (Å²) in [4.78, 5) is 21.6. The van der Waals surface area contributed by atoms with Gasteiger partial charge < -0.3 is 15.3 Å². The lowest BCUT2D eigenvalue weighted by atomic mass is 10.1.